The Hall–Kier alpha value is -2.08. The topological polar surface area (TPSA) is 51.2 Å². The highest BCUT2D eigenvalue weighted by molar-refractivity contribution is 7.14. The van der Waals surface area contributed by atoms with E-state index in [-0.39, 0.29) is 5.91 Å². The summed E-state index contributed by atoms with van der Waals surface area (Å²) >= 11 is 13.3. The number of halogens is 2. The van der Waals surface area contributed by atoms with Crippen LogP contribution < -0.4 is 10.1 Å². The Bertz CT molecular complexity index is 941. The first kappa shape index (κ1) is 19.7. The highest BCUT2D eigenvalue weighted by Gasteiger charge is 2.18. The maximum atomic E-state index is 12.4. The van der Waals surface area contributed by atoms with Crippen LogP contribution in [-0.2, 0) is 11.2 Å². The standard InChI is InChI=1S/C20H18Cl2N2O2S/c1-3-13-4-6-14(7-5-13)17-11-27-20(23-17)24-19(25)12(2)26-18-9-8-15(21)10-16(18)22/h4-12H,3H2,1-2H3,(H,23,24,25). The molecule has 0 aliphatic carbocycles. The van der Waals surface area contributed by atoms with Crippen LogP contribution in [-0.4, -0.2) is 17.0 Å². The van der Waals surface area contributed by atoms with Crippen molar-refractivity contribution in [3.8, 4) is 17.0 Å². The summed E-state index contributed by atoms with van der Waals surface area (Å²) in [6.45, 7) is 3.77. The van der Waals surface area contributed by atoms with Gasteiger partial charge in [0, 0.05) is 16.0 Å². The Morgan fingerprint density at radius 1 is 1.22 bits per heavy atom. The number of anilines is 1. The number of hydrogen-bond acceptors (Lipinski definition) is 4. The summed E-state index contributed by atoms with van der Waals surface area (Å²) in [4.78, 5) is 16.9. The molecule has 1 unspecified atom stereocenters. The fourth-order valence-corrected chi connectivity index (χ4v) is 3.57. The molecule has 0 fully saturated rings. The van der Waals surface area contributed by atoms with Crippen LogP contribution in [0, 0.1) is 0 Å². The summed E-state index contributed by atoms with van der Waals surface area (Å²) in [5.74, 6) is 0.0998. The molecule has 1 N–H and O–H groups in total. The van der Waals surface area contributed by atoms with Crippen LogP contribution in [0.3, 0.4) is 0 Å². The molecule has 0 bridgehead atoms. The van der Waals surface area contributed by atoms with Gasteiger partial charge in [0.25, 0.3) is 5.91 Å². The largest absolute Gasteiger partial charge is 0.479 e. The van der Waals surface area contributed by atoms with Gasteiger partial charge in [0.05, 0.1) is 10.7 Å². The molecule has 0 saturated carbocycles. The summed E-state index contributed by atoms with van der Waals surface area (Å²) < 4.78 is 5.63. The van der Waals surface area contributed by atoms with Crippen LogP contribution in [0.2, 0.25) is 10.0 Å². The number of nitrogens with one attached hydrogen (secondary N) is 1. The van der Waals surface area contributed by atoms with Crippen molar-refractivity contribution in [2.24, 2.45) is 0 Å². The number of ether oxygens (including phenoxy) is 1. The molecule has 1 heterocycles. The second kappa shape index (κ2) is 8.74. The SMILES string of the molecule is CCc1ccc(-c2csc(NC(=O)C(C)Oc3ccc(Cl)cc3Cl)n2)cc1. The van der Waals surface area contributed by atoms with Gasteiger partial charge >= 0.3 is 0 Å². The number of aryl methyl sites for hydroxylation is 1. The van der Waals surface area contributed by atoms with Crippen molar-refractivity contribution in [1.29, 1.82) is 0 Å². The predicted molar refractivity (Wildman–Crippen MR) is 112 cm³/mol. The van der Waals surface area contributed by atoms with Gasteiger partial charge in [-0.1, -0.05) is 54.4 Å². The Morgan fingerprint density at radius 2 is 1.96 bits per heavy atom. The average Bonchev–Trinajstić information content (AvgIpc) is 3.12. The van der Waals surface area contributed by atoms with Crippen LogP contribution in [0.1, 0.15) is 19.4 Å². The lowest BCUT2D eigenvalue weighted by molar-refractivity contribution is -0.122. The molecule has 4 nitrogen and oxygen atoms in total. The van der Waals surface area contributed by atoms with E-state index in [0.29, 0.717) is 20.9 Å². The highest BCUT2D eigenvalue weighted by atomic mass is 35.5. The molecule has 0 aliphatic rings. The summed E-state index contributed by atoms with van der Waals surface area (Å²) in [5.41, 5.74) is 3.11. The van der Waals surface area contributed by atoms with Crippen molar-refractivity contribution in [2.45, 2.75) is 26.4 Å². The van der Waals surface area contributed by atoms with E-state index in [9.17, 15) is 4.79 Å². The summed E-state index contributed by atoms with van der Waals surface area (Å²) in [6, 6.07) is 13.1. The molecule has 0 spiro atoms. The van der Waals surface area contributed by atoms with E-state index in [1.54, 1.807) is 25.1 Å². The first-order chi connectivity index (χ1) is 13.0. The van der Waals surface area contributed by atoms with Crippen LogP contribution >= 0.6 is 34.5 Å². The zero-order valence-electron chi connectivity index (χ0n) is 14.8. The molecule has 27 heavy (non-hydrogen) atoms. The van der Waals surface area contributed by atoms with Crippen LogP contribution in [0.5, 0.6) is 5.75 Å². The third kappa shape index (κ3) is 5.01. The normalized spacial score (nSPS) is 11.9. The van der Waals surface area contributed by atoms with Gasteiger partial charge in [-0.2, -0.15) is 0 Å². The number of hydrogen-bond donors (Lipinski definition) is 1. The quantitative estimate of drug-likeness (QED) is 0.524. The number of thiazole rings is 1. The summed E-state index contributed by atoms with van der Waals surface area (Å²) in [5, 5.41) is 6.08. The van der Waals surface area contributed by atoms with Crippen molar-refractivity contribution in [1.82, 2.24) is 4.98 Å². The minimum Gasteiger partial charge on any atom is -0.479 e. The fourth-order valence-electron chi connectivity index (χ4n) is 2.40. The molecular weight excluding hydrogens is 403 g/mol. The van der Waals surface area contributed by atoms with Gasteiger partial charge in [-0.05, 0) is 37.1 Å². The maximum Gasteiger partial charge on any atom is 0.266 e. The summed E-state index contributed by atoms with van der Waals surface area (Å²) in [6.07, 6.45) is 0.258. The van der Waals surface area contributed by atoms with Gasteiger partial charge in [0.1, 0.15) is 5.75 Å². The van der Waals surface area contributed by atoms with E-state index in [4.69, 9.17) is 27.9 Å². The van der Waals surface area contributed by atoms with E-state index in [1.165, 1.54) is 16.9 Å². The first-order valence-electron chi connectivity index (χ1n) is 8.43. The molecule has 3 aromatic rings. The number of carbonyl (C=O) groups is 1. The molecule has 0 radical (unpaired) electrons. The van der Waals surface area contributed by atoms with Crippen LogP contribution in [0.15, 0.2) is 47.8 Å². The summed E-state index contributed by atoms with van der Waals surface area (Å²) in [7, 11) is 0. The number of rotatable bonds is 6. The van der Waals surface area contributed by atoms with Crippen molar-refractivity contribution in [3.05, 3.63) is 63.5 Å². The second-order valence-electron chi connectivity index (χ2n) is 5.91. The fraction of sp³-hybridized carbons (Fsp3) is 0.200. The Labute approximate surface area is 172 Å². The molecule has 3 rings (SSSR count). The molecule has 1 aromatic heterocycles. The number of nitrogens with zero attached hydrogens (tertiary/aromatic N) is 1. The molecule has 1 amide bonds. The zero-order valence-corrected chi connectivity index (χ0v) is 17.2. The van der Waals surface area contributed by atoms with Gasteiger partial charge in [-0.25, -0.2) is 4.98 Å². The van der Waals surface area contributed by atoms with Crippen LogP contribution in [0.4, 0.5) is 5.13 Å². The minimum atomic E-state index is -0.736. The Kier molecular flexibility index (Phi) is 6.37. The molecular formula is C20H18Cl2N2O2S. The Balaban J connectivity index is 1.64. The lowest BCUT2D eigenvalue weighted by Gasteiger charge is -2.14. The van der Waals surface area contributed by atoms with E-state index < -0.39 is 6.10 Å². The lowest BCUT2D eigenvalue weighted by atomic mass is 10.1. The maximum absolute atomic E-state index is 12.4. The zero-order chi connectivity index (χ0) is 19.4. The predicted octanol–water partition coefficient (Wildman–Crippen LogP) is 6.09. The average molecular weight is 421 g/mol. The van der Waals surface area contributed by atoms with Gasteiger partial charge in [-0.15, -0.1) is 11.3 Å². The van der Waals surface area contributed by atoms with E-state index >= 15 is 0 Å². The van der Waals surface area contributed by atoms with Crippen molar-refractivity contribution >= 4 is 45.6 Å². The van der Waals surface area contributed by atoms with E-state index in [0.717, 1.165) is 17.7 Å². The van der Waals surface area contributed by atoms with Gasteiger partial charge in [-0.3, -0.25) is 10.1 Å². The van der Waals surface area contributed by atoms with Gasteiger partial charge in [0.2, 0.25) is 0 Å². The van der Waals surface area contributed by atoms with Gasteiger partial charge in [0.15, 0.2) is 11.2 Å². The molecule has 0 aliphatic heterocycles. The van der Waals surface area contributed by atoms with Crippen molar-refractivity contribution < 1.29 is 9.53 Å². The number of aromatic nitrogens is 1. The molecule has 7 heteroatoms. The number of amides is 1. The highest BCUT2D eigenvalue weighted by Crippen LogP contribution is 2.29. The molecule has 1 atom stereocenters. The molecule has 2 aromatic carbocycles. The monoisotopic (exact) mass is 420 g/mol. The second-order valence-corrected chi connectivity index (χ2v) is 7.61. The van der Waals surface area contributed by atoms with E-state index in [1.807, 2.05) is 17.5 Å². The number of benzene rings is 2. The smallest absolute Gasteiger partial charge is 0.266 e. The third-order valence-electron chi connectivity index (χ3n) is 3.96. The minimum absolute atomic E-state index is 0.303. The number of carbonyl (C=O) groups excluding carboxylic acids is 1. The van der Waals surface area contributed by atoms with E-state index in [2.05, 4.69) is 29.4 Å². The lowest BCUT2D eigenvalue weighted by Crippen LogP contribution is -2.30. The van der Waals surface area contributed by atoms with Crippen molar-refractivity contribution in [2.75, 3.05) is 5.32 Å². The van der Waals surface area contributed by atoms with Gasteiger partial charge < -0.3 is 4.74 Å². The first-order valence-corrected chi connectivity index (χ1v) is 10.1. The molecule has 140 valence electrons. The molecule has 0 saturated heterocycles. The third-order valence-corrected chi connectivity index (χ3v) is 5.25. The van der Waals surface area contributed by atoms with Crippen molar-refractivity contribution in [3.63, 3.8) is 0 Å². The Morgan fingerprint density at radius 3 is 2.63 bits per heavy atom. The van der Waals surface area contributed by atoms with Crippen LogP contribution in [0.25, 0.3) is 11.3 Å².